The lowest BCUT2D eigenvalue weighted by Gasteiger charge is -2.19. The van der Waals surface area contributed by atoms with E-state index in [0.29, 0.717) is 0 Å². The first-order chi connectivity index (χ1) is 15.9. The lowest BCUT2D eigenvalue weighted by atomic mass is 9.94. The summed E-state index contributed by atoms with van der Waals surface area (Å²) in [6, 6.07) is -0.239. The molecule has 0 saturated carbocycles. The van der Waals surface area contributed by atoms with Crippen molar-refractivity contribution in [2.24, 2.45) is 0 Å². The first-order valence-electron chi connectivity index (χ1n) is 8.31. The van der Waals surface area contributed by atoms with E-state index in [-0.39, 0.29) is 36.4 Å². The van der Waals surface area contributed by atoms with Crippen LogP contribution in [-0.2, 0) is 32.6 Å². The fraction of sp³-hybridized carbons (Fsp3) is 0.250. The van der Waals surface area contributed by atoms with E-state index in [4.69, 9.17) is 0 Å². The van der Waals surface area contributed by atoms with Crippen LogP contribution >= 0.6 is 0 Å². The Hall–Kier alpha value is -2.90. The molecule has 0 aliphatic carbocycles. The molecule has 0 aliphatic heterocycles. The van der Waals surface area contributed by atoms with Gasteiger partial charge in [0.05, 0.1) is 11.1 Å². The zero-order valence-corrected chi connectivity index (χ0v) is 17.9. The van der Waals surface area contributed by atoms with Gasteiger partial charge in [-0.1, -0.05) is 12.1 Å². The van der Waals surface area contributed by atoms with Crippen molar-refractivity contribution < 1.29 is 77.9 Å². The molecule has 0 atom stereocenters. The van der Waals surface area contributed by atoms with Crippen molar-refractivity contribution in [3.05, 3.63) is 47.5 Å². The third-order valence-corrected chi connectivity index (χ3v) is 5.82. The zero-order valence-electron chi connectivity index (χ0n) is 16.3. The van der Waals surface area contributed by atoms with E-state index >= 15 is 0 Å². The molecule has 0 unspecified atom stereocenters. The standard InChI is InChI=1S/C16H6F12O6S2/c17-13(18,19)11-5-7(33-35(29,30)15(23,24)25)1-3-9(11)10-4-2-8(6-12(10)14(20,21)22)34-36(31,32)16(26,27)28/h1-6H. The maximum absolute atomic E-state index is 13.5. The average molecular weight is 586 g/mol. The number of alkyl halides is 12. The third kappa shape index (κ3) is 6.26. The van der Waals surface area contributed by atoms with Gasteiger partial charge in [0.2, 0.25) is 0 Å². The highest BCUT2D eigenvalue weighted by molar-refractivity contribution is 7.88. The SMILES string of the molecule is O=S(=O)(Oc1ccc(-c2ccc(OS(=O)(=O)C(F)(F)F)cc2C(F)(F)F)c(C(F)(F)F)c1)C(F)(F)F. The maximum atomic E-state index is 13.5. The highest BCUT2D eigenvalue weighted by atomic mass is 32.2. The van der Waals surface area contributed by atoms with Crippen molar-refractivity contribution in [2.45, 2.75) is 23.4 Å². The van der Waals surface area contributed by atoms with Gasteiger partial charge in [-0.25, -0.2) is 0 Å². The fourth-order valence-corrected chi connectivity index (χ4v) is 3.34. The quantitative estimate of drug-likeness (QED) is 0.248. The first-order valence-corrected chi connectivity index (χ1v) is 11.1. The van der Waals surface area contributed by atoms with Crippen LogP contribution in [0.4, 0.5) is 52.7 Å². The molecule has 0 N–H and O–H groups in total. The molecule has 6 nitrogen and oxygen atoms in total. The van der Waals surface area contributed by atoms with Gasteiger partial charge in [-0.15, -0.1) is 0 Å². The van der Waals surface area contributed by atoms with Gasteiger partial charge in [0, 0.05) is 0 Å². The molecule has 0 spiro atoms. The summed E-state index contributed by atoms with van der Waals surface area (Å²) >= 11 is 0. The average Bonchev–Trinajstić information content (AvgIpc) is 2.64. The normalized spacial score (nSPS) is 14.0. The minimum Gasteiger partial charge on any atom is -0.376 e. The molecule has 0 aromatic heterocycles. The minimum absolute atomic E-state index is 0.0988. The highest BCUT2D eigenvalue weighted by Gasteiger charge is 2.50. The van der Waals surface area contributed by atoms with Crippen LogP contribution < -0.4 is 8.37 Å². The van der Waals surface area contributed by atoms with Crippen LogP contribution in [-0.4, -0.2) is 27.9 Å². The summed E-state index contributed by atoms with van der Waals surface area (Å²) in [4.78, 5) is 0. The van der Waals surface area contributed by atoms with E-state index in [1.54, 1.807) is 0 Å². The predicted octanol–water partition coefficient (Wildman–Crippen LogP) is 5.85. The van der Waals surface area contributed by atoms with Crippen LogP contribution in [0.1, 0.15) is 11.1 Å². The van der Waals surface area contributed by atoms with Crippen LogP contribution in [0, 0.1) is 0 Å². The number of benzene rings is 2. The zero-order chi connectivity index (χ0) is 28.1. The second-order valence-corrected chi connectivity index (χ2v) is 9.45. The summed E-state index contributed by atoms with van der Waals surface area (Å²) in [6.45, 7) is 0. The Morgan fingerprint density at radius 1 is 0.500 bits per heavy atom. The van der Waals surface area contributed by atoms with E-state index in [1.165, 1.54) is 0 Å². The lowest BCUT2D eigenvalue weighted by Crippen LogP contribution is -2.28. The largest absolute Gasteiger partial charge is 0.534 e. The summed E-state index contributed by atoms with van der Waals surface area (Å²) in [6.07, 6.45) is -11.3. The Balaban J connectivity index is 2.73. The number of hydrogen-bond donors (Lipinski definition) is 0. The summed E-state index contributed by atoms with van der Waals surface area (Å²) in [5.74, 6) is -3.18. The Bertz CT molecular complexity index is 1250. The van der Waals surface area contributed by atoms with Gasteiger partial charge >= 0.3 is 43.6 Å². The second-order valence-electron chi connectivity index (χ2n) is 6.38. The molecule has 36 heavy (non-hydrogen) atoms. The van der Waals surface area contributed by atoms with Gasteiger partial charge in [0.15, 0.2) is 0 Å². The van der Waals surface area contributed by atoms with Crippen molar-refractivity contribution in [2.75, 3.05) is 0 Å². The van der Waals surface area contributed by atoms with Crippen molar-refractivity contribution in [3.63, 3.8) is 0 Å². The molecule has 0 aliphatic rings. The number of halogens is 12. The summed E-state index contributed by atoms with van der Waals surface area (Å²) in [5.41, 5.74) is -19.3. The maximum Gasteiger partial charge on any atom is 0.534 e. The molecule has 0 saturated heterocycles. The van der Waals surface area contributed by atoms with E-state index in [2.05, 4.69) is 8.37 Å². The van der Waals surface area contributed by atoms with Gasteiger partial charge in [-0.05, 0) is 35.4 Å². The Labute approximate surface area is 192 Å². The Morgan fingerprint density at radius 3 is 1.00 bits per heavy atom. The van der Waals surface area contributed by atoms with Crippen LogP contribution in [0.5, 0.6) is 11.5 Å². The van der Waals surface area contributed by atoms with E-state index < -0.39 is 77.4 Å². The van der Waals surface area contributed by atoms with Crippen LogP contribution in [0.3, 0.4) is 0 Å². The van der Waals surface area contributed by atoms with Gasteiger partial charge in [-0.3, -0.25) is 0 Å². The van der Waals surface area contributed by atoms with E-state index in [0.717, 1.165) is 0 Å². The molecule has 0 heterocycles. The molecule has 0 bridgehead atoms. The van der Waals surface area contributed by atoms with Gasteiger partial charge in [0.1, 0.15) is 11.5 Å². The number of rotatable bonds is 5. The lowest BCUT2D eigenvalue weighted by molar-refractivity contribution is -0.139. The van der Waals surface area contributed by atoms with Crippen molar-refractivity contribution in [3.8, 4) is 22.6 Å². The van der Waals surface area contributed by atoms with Crippen molar-refractivity contribution >= 4 is 20.2 Å². The second kappa shape index (κ2) is 8.89. The van der Waals surface area contributed by atoms with E-state index in [9.17, 15) is 69.5 Å². The molecule has 0 fully saturated rings. The van der Waals surface area contributed by atoms with Crippen molar-refractivity contribution in [1.29, 1.82) is 0 Å². The summed E-state index contributed by atoms with van der Waals surface area (Å²) in [5, 5.41) is 0. The monoisotopic (exact) mass is 586 g/mol. The molecular formula is C16H6F12O6S2. The topological polar surface area (TPSA) is 86.7 Å². The number of hydrogen-bond acceptors (Lipinski definition) is 6. The highest BCUT2D eigenvalue weighted by Crippen LogP contribution is 2.45. The molecule has 2 rings (SSSR count). The van der Waals surface area contributed by atoms with Gasteiger partial charge in [-0.2, -0.15) is 69.5 Å². The Kier molecular flexibility index (Phi) is 7.24. The molecule has 20 heteroatoms. The Morgan fingerprint density at radius 2 is 0.778 bits per heavy atom. The minimum atomic E-state index is -6.47. The molecule has 2 aromatic carbocycles. The smallest absolute Gasteiger partial charge is 0.376 e. The summed E-state index contributed by atoms with van der Waals surface area (Å²) in [7, 11) is -12.9. The third-order valence-electron chi connectivity index (χ3n) is 3.86. The van der Waals surface area contributed by atoms with Crippen molar-refractivity contribution in [1.82, 2.24) is 0 Å². The molecular weight excluding hydrogens is 580 g/mol. The predicted molar refractivity (Wildman–Crippen MR) is 93.1 cm³/mol. The fourth-order valence-electron chi connectivity index (χ4n) is 2.44. The van der Waals surface area contributed by atoms with Crippen LogP contribution in [0.25, 0.3) is 11.1 Å². The molecule has 0 radical (unpaired) electrons. The first kappa shape index (κ1) is 29.3. The molecule has 2 aromatic rings. The van der Waals surface area contributed by atoms with E-state index in [1.807, 2.05) is 0 Å². The molecule has 202 valence electrons. The van der Waals surface area contributed by atoms with Gasteiger partial charge < -0.3 is 8.37 Å². The summed E-state index contributed by atoms with van der Waals surface area (Å²) < 4.78 is 207. The molecule has 0 amide bonds. The van der Waals surface area contributed by atoms with Gasteiger partial charge in [0.25, 0.3) is 0 Å². The van der Waals surface area contributed by atoms with Crippen LogP contribution in [0.15, 0.2) is 36.4 Å². The van der Waals surface area contributed by atoms with Crippen LogP contribution in [0.2, 0.25) is 0 Å².